The zero-order valence-electron chi connectivity index (χ0n) is 26.9. The Labute approximate surface area is 265 Å². The summed E-state index contributed by atoms with van der Waals surface area (Å²) in [6.45, 7) is 12.7. The largest absolute Gasteiger partial charge is 0.384 e. The minimum atomic E-state index is 0.0130. The van der Waals surface area contributed by atoms with Crippen LogP contribution in [-0.2, 0) is 6.42 Å². The molecule has 0 saturated carbocycles. The lowest BCUT2D eigenvalue weighted by atomic mass is 9.90. The molecule has 4 N–H and O–H groups in total. The number of nitrogens with two attached hydrogens (primary N) is 1. The van der Waals surface area contributed by atoms with Crippen molar-refractivity contribution in [1.29, 1.82) is 0 Å². The first-order valence-electron chi connectivity index (χ1n) is 15.3. The number of para-hydroxylation sites is 1. The zero-order chi connectivity index (χ0) is 31.7. The zero-order valence-corrected chi connectivity index (χ0v) is 26.9. The molecule has 44 heavy (non-hydrogen) atoms. The van der Waals surface area contributed by atoms with E-state index in [1.165, 1.54) is 5.56 Å². The quantitative estimate of drug-likeness (QED) is 0.194. The first-order chi connectivity index (χ1) is 21.4. The van der Waals surface area contributed by atoms with Crippen molar-refractivity contribution in [3.63, 3.8) is 0 Å². The SMILES string of the molecule is C=C(/C=C(\C=C/C)c1ccc(C/C=C\C=C/C)c(N/C(C)=C/C=C\C)c1)C1=CC=CCC1N/C(N)=C/N(C)c1ccccc1. The minimum Gasteiger partial charge on any atom is -0.384 e. The molecule has 1 unspecified atom stereocenters. The van der Waals surface area contributed by atoms with Crippen LogP contribution in [0.25, 0.3) is 5.57 Å². The molecule has 1 aliphatic rings. The van der Waals surface area contributed by atoms with Crippen molar-refractivity contribution in [3.8, 4) is 0 Å². The van der Waals surface area contributed by atoms with E-state index in [9.17, 15) is 0 Å². The Morgan fingerprint density at radius 3 is 2.52 bits per heavy atom. The van der Waals surface area contributed by atoms with Gasteiger partial charge in [-0.2, -0.15) is 0 Å². The van der Waals surface area contributed by atoms with E-state index in [-0.39, 0.29) is 6.04 Å². The molecular formula is C40H48N4. The summed E-state index contributed by atoms with van der Waals surface area (Å²) in [5.41, 5.74) is 15.2. The summed E-state index contributed by atoms with van der Waals surface area (Å²) in [5, 5.41) is 7.14. The molecule has 2 aromatic carbocycles. The number of hydrogen-bond acceptors (Lipinski definition) is 4. The first-order valence-corrected chi connectivity index (χ1v) is 15.3. The van der Waals surface area contributed by atoms with Crippen LogP contribution in [0, 0.1) is 0 Å². The van der Waals surface area contributed by atoms with Crippen LogP contribution < -0.4 is 21.3 Å². The second-order valence-electron chi connectivity index (χ2n) is 10.7. The highest BCUT2D eigenvalue weighted by Gasteiger charge is 2.18. The number of benzene rings is 2. The van der Waals surface area contributed by atoms with E-state index in [1.54, 1.807) is 0 Å². The van der Waals surface area contributed by atoms with E-state index in [2.05, 4.69) is 115 Å². The summed E-state index contributed by atoms with van der Waals surface area (Å²) in [7, 11) is 2.00. The van der Waals surface area contributed by atoms with Gasteiger partial charge in [-0.25, -0.2) is 0 Å². The Morgan fingerprint density at radius 2 is 1.80 bits per heavy atom. The molecule has 0 saturated heterocycles. The van der Waals surface area contributed by atoms with E-state index < -0.39 is 0 Å². The molecule has 3 rings (SSSR count). The molecule has 0 radical (unpaired) electrons. The molecule has 1 atom stereocenters. The van der Waals surface area contributed by atoms with Crippen molar-refractivity contribution in [3.05, 3.63) is 174 Å². The number of nitrogens with zero attached hydrogens (tertiary/aromatic N) is 1. The van der Waals surface area contributed by atoms with Crippen LogP contribution in [0.3, 0.4) is 0 Å². The fraction of sp³-hybridized carbons (Fsp3) is 0.200. The molecular weight excluding hydrogens is 536 g/mol. The second-order valence-corrected chi connectivity index (χ2v) is 10.7. The lowest BCUT2D eigenvalue weighted by Gasteiger charge is -2.26. The maximum absolute atomic E-state index is 6.47. The van der Waals surface area contributed by atoms with E-state index >= 15 is 0 Å². The van der Waals surface area contributed by atoms with Gasteiger partial charge in [0.05, 0.1) is 6.04 Å². The maximum atomic E-state index is 6.47. The Hall–Kier alpha value is -4.96. The standard InChI is InChI=1S/C40H48N4/c1-7-10-12-14-21-33-26-27-35(29-39(33)42-32(5)20-11-8-2)34(19-9-3)28-31(4)37-24-17-18-25-38(37)43-40(41)30-44(6)36-22-15-13-16-23-36/h7-20,22-24,26-30,38,42-43H,4,21,25,41H2,1-3,5-6H3/b10-7-,11-8-,14-12-,19-9-,32-20+,34-28+,40-30+. The van der Waals surface area contributed by atoms with Crippen LogP contribution in [0.1, 0.15) is 45.2 Å². The van der Waals surface area contributed by atoms with Crippen molar-refractivity contribution in [1.82, 2.24) is 5.32 Å². The molecule has 0 spiro atoms. The number of nitrogens with one attached hydrogen (secondary N) is 2. The van der Waals surface area contributed by atoms with Crippen LogP contribution >= 0.6 is 0 Å². The van der Waals surface area contributed by atoms with Gasteiger partial charge < -0.3 is 21.3 Å². The molecule has 0 amide bonds. The van der Waals surface area contributed by atoms with E-state index in [4.69, 9.17) is 5.73 Å². The average Bonchev–Trinajstić information content (AvgIpc) is 3.03. The van der Waals surface area contributed by atoms with Crippen LogP contribution in [0.5, 0.6) is 0 Å². The fourth-order valence-electron chi connectivity index (χ4n) is 4.89. The average molecular weight is 585 g/mol. The van der Waals surface area contributed by atoms with Crippen molar-refractivity contribution in [2.24, 2.45) is 5.73 Å². The van der Waals surface area contributed by atoms with Gasteiger partial charge >= 0.3 is 0 Å². The third-order valence-corrected chi connectivity index (χ3v) is 7.13. The molecule has 0 aliphatic heterocycles. The molecule has 0 bridgehead atoms. The monoisotopic (exact) mass is 584 g/mol. The van der Waals surface area contributed by atoms with Gasteiger partial charge in [0.2, 0.25) is 0 Å². The lowest BCUT2D eigenvalue weighted by molar-refractivity contribution is 0.640. The summed E-state index contributed by atoms with van der Waals surface area (Å²) in [5.74, 6) is 0.601. The molecule has 1 aliphatic carbocycles. The second kappa shape index (κ2) is 17.9. The van der Waals surface area contributed by atoms with Gasteiger partial charge in [-0.15, -0.1) is 0 Å². The van der Waals surface area contributed by atoms with Gasteiger partial charge in [0, 0.05) is 30.3 Å². The van der Waals surface area contributed by atoms with Crippen LogP contribution in [0.4, 0.5) is 11.4 Å². The summed E-state index contributed by atoms with van der Waals surface area (Å²) in [4.78, 5) is 2.02. The molecule has 0 fully saturated rings. The van der Waals surface area contributed by atoms with E-state index in [0.29, 0.717) is 5.82 Å². The highest BCUT2D eigenvalue weighted by molar-refractivity contribution is 5.80. The molecule has 228 valence electrons. The smallest absolute Gasteiger partial charge is 0.113 e. The van der Waals surface area contributed by atoms with Crippen molar-refractivity contribution in [2.75, 3.05) is 17.3 Å². The highest BCUT2D eigenvalue weighted by Crippen LogP contribution is 2.29. The summed E-state index contributed by atoms with van der Waals surface area (Å²) in [6.07, 6.45) is 30.9. The number of allylic oxidation sites excluding steroid dienone is 14. The van der Waals surface area contributed by atoms with Crippen LogP contribution in [-0.4, -0.2) is 13.1 Å². The first kappa shape index (κ1) is 33.5. The topological polar surface area (TPSA) is 53.3 Å². The van der Waals surface area contributed by atoms with Gasteiger partial charge in [0.1, 0.15) is 5.82 Å². The third-order valence-electron chi connectivity index (χ3n) is 7.13. The molecule has 0 aromatic heterocycles. The maximum Gasteiger partial charge on any atom is 0.113 e. The lowest BCUT2D eigenvalue weighted by Crippen LogP contribution is -2.35. The van der Waals surface area contributed by atoms with Gasteiger partial charge in [-0.1, -0.05) is 104 Å². The minimum absolute atomic E-state index is 0.0130. The van der Waals surface area contributed by atoms with Crippen molar-refractivity contribution >= 4 is 16.9 Å². The third kappa shape index (κ3) is 10.4. The normalized spacial score (nSPS) is 16.3. The Kier molecular flexibility index (Phi) is 13.6. The Morgan fingerprint density at radius 1 is 1.02 bits per heavy atom. The molecule has 4 heteroatoms. The predicted molar refractivity (Wildman–Crippen MR) is 194 cm³/mol. The van der Waals surface area contributed by atoms with E-state index in [1.807, 2.05) is 75.3 Å². The van der Waals surface area contributed by atoms with Crippen LogP contribution in [0.15, 0.2) is 163 Å². The summed E-state index contributed by atoms with van der Waals surface area (Å²) < 4.78 is 0. The summed E-state index contributed by atoms with van der Waals surface area (Å²) >= 11 is 0. The highest BCUT2D eigenvalue weighted by atomic mass is 15.1. The molecule has 4 nitrogen and oxygen atoms in total. The Balaban J connectivity index is 1.90. The van der Waals surface area contributed by atoms with Gasteiger partial charge in [-0.05, 0) is 98.7 Å². The Bertz CT molecular complexity index is 1520. The number of hydrogen-bond donors (Lipinski definition) is 3. The summed E-state index contributed by atoms with van der Waals surface area (Å²) in [6, 6.07) is 16.8. The van der Waals surface area contributed by atoms with Gasteiger partial charge in [0.15, 0.2) is 0 Å². The number of anilines is 2. The number of rotatable bonds is 14. The predicted octanol–water partition coefficient (Wildman–Crippen LogP) is 9.51. The van der Waals surface area contributed by atoms with Crippen molar-refractivity contribution < 1.29 is 0 Å². The van der Waals surface area contributed by atoms with Gasteiger partial charge in [-0.3, -0.25) is 0 Å². The van der Waals surface area contributed by atoms with Gasteiger partial charge in [0.25, 0.3) is 0 Å². The van der Waals surface area contributed by atoms with Crippen molar-refractivity contribution in [2.45, 2.75) is 46.6 Å². The van der Waals surface area contributed by atoms with Crippen LogP contribution in [0.2, 0.25) is 0 Å². The fourth-order valence-corrected chi connectivity index (χ4v) is 4.89. The molecule has 2 aromatic rings. The molecule has 0 heterocycles. The van der Waals surface area contributed by atoms with E-state index in [0.717, 1.165) is 52.2 Å².